The standard InChI is InChI=1S/C21H28N6O3/c1-15-5-4-10-22-18(15)20(29)26-11-8-21(30,9-12-26)14-27-13-17(24-25-27)19(28)23-16-6-2-3-7-16/h4-5,10,13,16,30H,2-3,6-9,11-12,14H2,1H3,(H,23,28). The van der Waals surface area contributed by atoms with Gasteiger partial charge in [-0.2, -0.15) is 0 Å². The van der Waals surface area contributed by atoms with E-state index in [9.17, 15) is 14.7 Å². The summed E-state index contributed by atoms with van der Waals surface area (Å²) in [5, 5.41) is 22.0. The van der Waals surface area contributed by atoms with E-state index >= 15 is 0 Å². The van der Waals surface area contributed by atoms with Gasteiger partial charge in [-0.3, -0.25) is 14.6 Å². The summed E-state index contributed by atoms with van der Waals surface area (Å²) in [7, 11) is 0. The minimum atomic E-state index is -0.997. The molecule has 2 N–H and O–H groups in total. The Morgan fingerprint density at radius 3 is 2.70 bits per heavy atom. The lowest BCUT2D eigenvalue weighted by atomic mass is 9.91. The fraction of sp³-hybridized carbons (Fsp3) is 0.571. The number of pyridine rings is 1. The van der Waals surface area contributed by atoms with Crippen LogP contribution in [0.25, 0.3) is 0 Å². The van der Waals surface area contributed by atoms with Crippen LogP contribution in [-0.4, -0.2) is 66.5 Å². The smallest absolute Gasteiger partial charge is 0.273 e. The van der Waals surface area contributed by atoms with Gasteiger partial charge in [0.05, 0.1) is 18.3 Å². The number of aromatic nitrogens is 4. The van der Waals surface area contributed by atoms with E-state index < -0.39 is 5.60 Å². The summed E-state index contributed by atoms with van der Waals surface area (Å²) in [6.45, 7) is 2.98. The van der Waals surface area contributed by atoms with Crippen molar-refractivity contribution < 1.29 is 14.7 Å². The van der Waals surface area contributed by atoms with Crippen molar-refractivity contribution in [2.24, 2.45) is 0 Å². The highest BCUT2D eigenvalue weighted by Gasteiger charge is 2.35. The first-order valence-corrected chi connectivity index (χ1v) is 10.6. The van der Waals surface area contributed by atoms with E-state index in [0.717, 1.165) is 31.2 Å². The fourth-order valence-electron chi connectivity index (χ4n) is 4.25. The predicted molar refractivity (Wildman–Crippen MR) is 109 cm³/mol. The summed E-state index contributed by atoms with van der Waals surface area (Å²) < 4.78 is 1.52. The molecule has 0 unspecified atom stereocenters. The molecule has 4 rings (SSSR count). The maximum absolute atomic E-state index is 12.7. The maximum Gasteiger partial charge on any atom is 0.273 e. The largest absolute Gasteiger partial charge is 0.388 e. The first-order valence-electron chi connectivity index (χ1n) is 10.6. The molecule has 9 heteroatoms. The van der Waals surface area contributed by atoms with Gasteiger partial charge in [0.1, 0.15) is 5.69 Å². The van der Waals surface area contributed by atoms with Gasteiger partial charge in [-0.25, -0.2) is 4.68 Å². The van der Waals surface area contributed by atoms with Crippen LogP contribution in [0.2, 0.25) is 0 Å². The summed E-state index contributed by atoms with van der Waals surface area (Å²) in [5.41, 5.74) is 0.568. The van der Waals surface area contributed by atoms with Crippen LogP contribution in [0.5, 0.6) is 0 Å². The Morgan fingerprint density at radius 2 is 2.00 bits per heavy atom. The Morgan fingerprint density at radius 1 is 1.27 bits per heavy atom. The number of aryl methyl sites for hydroxylation is 1. The maximum atomic E-state index is 12.7. The molecule has 2 aliphatic rings. The SMILES string of the molecule is Cc1cccnc1C(=O)N1CCC(O)(Cn2cc(C(=O)NC3CCCC3)nn2)CC1. The molecular formula is C21H28N6O3. The van der Waals surface area contributed by atoms with Gasteiger partial charge in [0, 0.05) is 25.3 Å². The molecule has 1 saturated carbocycles. The van der Waals surface area contributed by atoms with Crippen molar-refractivity contribution in [1.29, 1.82) is 0 Å². The molecule has 30 heavy (non-hydrogen) atoms. The van der Waals surface area contributed by atoms with Crippen LogP contribution in [0.3, 0.4) is 0 Å². The molecular weight excluding hydrogens is 384 g/mol. The van der Waals surface area contributed by atoms with E-state index in [0.29, 0.717) is 31.6 Å². The Balaban J connectivity index is 1.33. The highest BCUT2D eigenvalue weighted by Crippen LogP contribution is 2.25. The number of nitrogens with one attached hydrogen (secondary N) is 1. The third kappa shape index (κ3) is 4.51. The highest BCUT2D eigenvalue weighted by molar-refractivity contribution is 5.93. The second-order valence-corrected chi connectivity index (χ2v) is 8.44. The third-order valence-electron chi connectivity index (χ3n) is 6.11. The number of hydrogen-bond donors (Lipinski definition) is 2. The van der Waals surface area contributed by atoms with Gasteiger partial charge in [0.25, 0.3) is 11.8 Å². The van der Waals surface area contributed by atoms with Crippen molar-refractivity contribution in [2.75, 3.05) is 13.1 Å². The summed E-state index contributed by atoms with van der Waals surface area (Å²) >= 11 is 0. The first kappa shape index (κ1) is 20.5. The zero-order valence-corrected chi connectivity index (χ0v) is 17.3. The van der Waals surface area contributed by atoms with Crippen LogP contribution in [0.1, 0.15) is 65.1 Å². The monoisotopic (exact) mass is 412 g/mol. The lowest BCUT2D eigenvalue weighted by molar-refractivity contribution is -0.0319. The van der Waals surface area contributed by atoms with Gasteiger partial charge in [-0.15, -0.1) is 5.10 Å². The second kappa shape index (κ2) is 8.51. The predicted octanol–water partition coefficient (Wildman–Crippen LogP) is 1.32. The zero-order chi connectivity index (χ0) is 21.1. The Kier molecular flexibility index (Phi) is 5.80. The van der Waals surface area contributed by atoms with Crippen molar-refractivity contribution in [3.63, 3.8) is 0 Å². The number of hydrogen-bond acceptors (Lipinski definition) is 6. The van der Waals surface area contributed by atoms with Gasteiger partial charge in [-0.1, -0.05) is 24.1 Å². The summed E-state index contributed by atoms with van der Waals surface area (Å²) in [4.78, 5) is 31.0. The van der Waals surface area contributed by atoms with Gasteiger partial charge in [0.2, 0.25) is 0 Å². The summed E-state index contributed by atoms with van der Waals surface area (Å²) in [6, 6.07) is 3.89. The topological polar surface area (TPSA) is 113 Å². The molecule has 0 aromatic carbocycles. The Bertz CT molecular complexity index is 913. The Labute approximate surface area is 175 Å². The molecule has 2 amide bonds. The fourth-order valence-corrected chi connectivity index (χ4v) is 4.25. The lowest BCUT2D eigenvalue weighted by Gasteiger charge is -2.38. The van der Waals surface area contributed by atoms with Gasteiger partial charge < -0.3 is 15.3 Å². The van der Waals surface area contributed by atoms with Crippen LogP contribution in [-0.2, 0) is 6.54 Å². The van der Waals surface area contributed by atoms with Gasteiger partial charge >= 0.3 is 0 Å². The van der Waals surface area contributed by atoms with Crippen molar-refractivity contribution in [2.45, 2.75) is 63.6 Å². The van der Waals surface area contributed by atoms with Gasteiger partial charge in [0.15, 0.2) is 5.69 Å². The number of carbonyl (C=O) groups is 2. The lowest BCUT2D eigenvalue weighted by Crippen LogP contribution is -2.49. The zero-order valence-electron chi connectivity index (χ0n) is 17.3. The molecule has 0 radical (unpaired) electrons. The number of aliphatic hydroxyl groups is 1. The molecule has 1 aliphatic carbocycles. The molecule has 3 heterocycles. The van der Waals surface area contributed by atoms with E-state index in [4.69, 9.17) is 0 Å². The molecule has 160 valence electrons. The highest BCUT2D eigenvalue weighted by atomic mass is 16.3. The summed E-state index contributed by atoms with van der Waals surface area (Å²) in [5.74, 6) is -0.326. The first-order chi connectivity index (χ1) is 14.4. The molecule has 2 aromatic heterocycles. The van der Waals surface area contributed by atoms with Crippen LogP contribution in [0.15, 0.2) is 24.5 Å². The van der Waals surface area contributed by atoms with E-state index in [1.54, 1.807) is 17.3 Å². The van der Waals surface area contributed by atoms with E-state index in [2.05, 4.69) is 20.6 Å². The number of likely N-dealkylation sites (tertiary alicyclic amines) is 1. The molecule has 2 aromatic rings. The average molecular weight is 412 g/mol. The van der Waals surface area contributed by atoms with Crippen LogP contribution < -0.4 is 5.32 Å². The molecule has 1 saturated heterocycles. The van der Waals surface area contributed by atoms with Crippen LogP contribution in [0.4, 0.5) is 0 Å². The quantitative estimate of drug-likeness (QED) is 0.766. The third-order valence-corrected chi connectivity index (χ3v) is 6.11. The van der Waals surface area contributed by atoms with E-state index in [1.807, 2.05) is 19.1 Å². The van der Waals surface area contributed by atoms with Gasteiger partial charge in [-0.05, 0) is 44.2 Å². The van der Waals surface area contributed by atoms with E-state index in [-0.39, 0.29) is 30.1 Å². The Hall–Kier alpha value is -2.81. The number of rotatable bonds is 5. The van der Waals surface area contributed by atoms with Crippen LogP contribution in [0, 0.1) is 6.92 Å². The number of nitrogens with zero attached hydrogens (tertiary/aromatic N) is 5. The average Bonchev–Trinajstić information content (AvgIpc) is 3.40. The number of piperidine rings is 1. The second-order valence-electron chi connectivity index (χ2n) is 8.44. The van der Waals surface area contributed by atoms with E-state index in [1.165, 1.54) is 4.68 Å². The molecule has 1 aliphatic heterocycles. The molecule has 0 spiro atoms. The summed E-state index contributed by atoms with van der Waals surface area (Å²) in [6.07, 6.45) is 8.35. The van der Waals surface area contributed by atoms with Crippen molar-refractivity contribution in [3.05, 3.63) is 41.5 Å². The van der Waals surface area contributed by atoms with Crippen LogP contribution >= 0.6 is 0 Å². The minimum Gasteiger partial charge on any atom is -0.388 e. The number of carbonyl (C=O) groups excluding carboxylic acids is 2. The van der Waals surface area contributed by atoms with Crippen molar-refractivity contribution >= 4 is 11.8 Å². The van der Waals surface area contributed by atoms with Crippen molar-refractivity contribution in [1.82, 2.24) is 30.2 Å². The molecule has 2 fully saturated rings. The normalized spacial score (nSPS) is 19.1. The molecule has 9 nitrogen and oxygen atoms in total. The minimum absolute atomic E-state index is 0.109. The number of amides is 2. The van der Waals surface area contributed by atoms with Crippen molar-refractivity contribution in [3.8, 4) is 0 Å². The molecule has 0 bridgehead atoms. The molecule has 0 atom stereocenters.